The predicted octanol–water partition coefficient (Wildman–Crippen LogP) is 0.694. The minimum Gasteiger partial charge on any atom is -0.343 e. The Labute approximate surface area is 146 Å². The Kier molecular flexibility index (Phi) is 4.85. The minimum atomic E-state index is -0.660. The average Bonchev–Trinajstić information content (AvgIpc) is 3.04. The number of carbonyl (C=O) groups excluding carboxylic acids is 2. The highest BCUT2D eigenvalue weighted by molar-refractivity contribution is 5.89. The Bertz CT molecular complexity index is 678. The fourth-order valence-electron chi connectivity index (χ4n) is 3.72. The van der Waals surface area contributed by atoms with Crippen molar-refractivity contribution in [2.24, 2.45) is 0 Å². The Hall–Kier alpha value is -2.28. The number of likely N-dealkylation sites (tertiary alicyclic amines) is 1. The first-order chi connectivity index (χ1) is 12.0. The van der Waals surface area contributed by atoms with E-state index in [9.17, 15) is 14.0 Å². The lowest BCUT2D eigenvalue weighted by atomic mass is 9.91. The highest BCUT2D eigenvalue weighted by Gasteiger charge is 2.52. The molecule has 1 spiro atoms. The molecule has 7 heteroatoms. The molecule has 2 aliphatic heterocycles. The first-order valence-electron chi connectivity index (χ1n) is 8.46. The standard InChI is InChI=1S/C18H23FN4O2/c1-3-7-23-10-9-21(2)17(25)18(23)6-8-22(13-18)16(24)11-15-5-4-14(19)12-20-15/h3-5,12H,1,6-11,13H2,2H3. The zero-order chi connectivity index (χ0) is 18.0. The van der Waals surface area contributed by atoms with Crippen molar-refractivity contribution in [2.45, 2.75) is 18.4 Å². The molecule has 2 aliphatic rings. The van der Waals surface area contributed by atoms with Crippen LogP contribution in [0.5, 0.6) is 0 Å². The molecule has 1 atom stereocenters. The molecule has 0 aromatic carbocycles. The van der Waals surface area contributed by atoms with Gasteiger partial charge in [0.05, 0.1) is 12.6 Å². The van der Waals surface area contributed by atoms with E-state index in [1.807, 2.05) is 7.05 Å². The van der Waals surface area contributed by atoms with Gasteiger partial charge in [-0.3, -0.25) is 19.5 Å². The molecule has 1 unspecified atom stereocenters. The summed E-state index contributed by atoms with van der Waals surface area (Å²) >= 11 is 0. The third-order valence-electron chi connectivity index (χ3n) is 5.13. The molecular weight excluding hydrogens is 323 g/mol. The number of hydrogen-bond acceptors (Lipinski definition) is 4. The molecule has 3 heterocycles. The van der Waals surface area contributed by atoms with Crippen molar-refractivity contribution in [1.82, 2.24) is 19.7 Å². The molecule has 1 aromatic heterocycles. The summed E-state index contributed by atoms with van der Waals surface area (Å²) < 4.78 is 12.9. The molecule has 0 radical (unpaired) electrons. The van der Waals surface area contributed by atoms with E-state index < -0.39 is 11.4 Å². The number of pyridine rings is 1. The van der Waals surface area contributed by atoms with Crippen molar-refractivity contribution in [3.8, 4) is 0 Å². The van der Waals surface area contributed by atoms with Crippen LogP contribution in [0.25, 0.3) is 0 Å². The summed E-state index contributed by atoms with van der Waals surface area (Å²) in [5.74, 6) is -0.446. The largest absolute Gasteiger partial charge is 0.343 e. The highest BCUT2D eigenvalue weighted by atomic mass is 19.1. The maximum absolute atomic E-state index is 12.9. The summed E-state index contributed by atoms with van der Waals surface area (Å²) in [5, 5.41) is 0. The van der Waals surface area contributed by atoms with Gasteiger partial charge < -0.3 is 9.80 Å². The zero-order valence-electron chi connectivity index (χ0n) is 14.4. The van der Waals surface area contributed by atoms with Crippen LogP contribution in [0.4, 0.5) is 4.39 Å². The molecule has 2 amide bonds. The molecule has 2 saturated heterocycles. The highest BCUT2D eigenvalue weighted by Crippen LogP contribution is 2.32. The van der Waals surface area contributed by atoms with Gasteiger partial charge in [-0.1, -0.05) is 6.08 Å². The Morgan fingerprint density at radius 2 is 2.20 bits per heavy atom. The molecule has 0 saturated carbocycles. The quantitative estimate of drug-likeness (QED) is 0.753. The van der Waals surface area contributed by atoms with Crippen LogP contribution in [0, 0.1) is 5.82 Å². The number of hydrogen-bond donors (Lipinski definition) is 0. The maximum atomic E-state index is 12.9. The van der Waals surface area contributed by atoms with E-state index in [0.717, 1.165) is 12.7 Å². The van der Waals surface area contributed by atoms with Gasteiger partial charge in [-0.15, -0.1) is 6.58 Å². The fourth-order valence-corrected chi connectivity index (χ4v) is 3.72. The second kappa shape index (κ2) is 6.92. The van der Waals surface area contributed by atoms with Crippen molar-refractivity contribution in [3.63, 3.8) is 0 Å². The van der Waals surface area contributed by atoms with Crippen LogP contribution in [0.2, 0.25) is 0 Å². The van der Waals surface area contributed by atoms with E-state index in [1.54, 1.807) is 15.9 Å². The van der Waals surface area contributed by atoms with Gasteiger partial charge >= 0.3 is 0 Å². The van der Waals surface area contributed by atoms with Crippen LogP contribution in [0.15, 0.2) is 31.0 Å². The van der Waals surface area contributed by atoms with Gasteiger partial charge in [-0.25, -0.2) is 4.39 Å². The number of nitrogens with zero attached hydrogens (tertiary/aromatic N) is 4. The smallest absolute Gasteiger partial charge is 0.244 e. The van der Waals surface area contributed by atoms with Gasteiger partial charge in [0.1, 0.15) is 11.4 Å². The van der Waals surface area contributed by atoms with E-state index in [4.69, 9.17) is 0 Å². The molecule has 134 valence electrons. The molecule has 3 rings (SSSR count). The van der Waals surface area contributed by atoms with E-state index in [1.165, 1.54) is 12.1 Å². The van der Waals surface area contributed by atoms with Gasteiger partial charge in [0.2, 0.25) is 11.8 Å². The van der Waals surface area contributed by atoms with Gasteiger partial charge in [-0.05, 0) is 18.6 Å². The summed E-state index contributed by atoms with van der Waals surface area (Å²) in [5.41, 5.74) is -0.130. The number of aromatic nitrogens is 1. The molecule has 6 nitrogen and oxygen atoms in total. The summed E-state index contributed by atoms with van der Waals surface area (Å²) in [7, 11) is 1.81. The molecule has 0 aliphatic carbocycles. The Morgan fingerprint density at radius 1 is 1.40 bits per heavy atom. The second-order valence-corrected chi connectivity index (χ2v) is 6.70. The normalized spacial score (nSPS) is 24.2. The SMILES string of the molecule is C=CCN1CCN(C)C(=O)C12CCN(C(=O)Cc1ccc(F)cn1)C2. The molecule has 0 N–H and O–H groups in total. The fraction of sp³-hybridized carbons (Fsp3) is 0.500. The summed E-state index contributed by atoms with van der Waals surface area (Å²) in [6.45, 7) is 6.78. The summed E-state index contributed by atoms with van der Waals surface area (Å²) in [6.07, 6.45) is 3.64. The van der Waals surface area contributed by atoms with Gasteiger partial charge in [0.15, 0.2) is 0 Å². The first kappa shape index (κ1) is 17.5. The van der Waals surface area contributed by atoms with E-state index in [-0.39, 0.29) is 18.2 Å². The average molecular weight is 346 g/mol. The van der Waals surface area contributed by atoms with Crippen LogP contribution in [-0.4, -0.2) is 76.8 Å². The lowest BCUT2D eigenvalue weighted by Crippen LogP contribution is -2.66. The first-order valence-corrected chi connectivity index (χ1v) is 8.46. The number of carbonyl (C=O) groups is 2. The predicted molar refractivity (Wildman–Crippen MR) is 91.2 cm³/mol. The number of rotatable bonds is 4. The van der Waals surface area contributed by atoms with E-state index in [2.05, 4.69) is 16.5 Å². The lowest BCUT2D eigenvalue weighted by molar-refractivity contribution is -0.148. The maximum Gasteiger partial charge on any atom is 0.244 e. The van der Waals surface area contributed by atoms with Gasteiger partial charge in [0.25, 0.3) is 0 Å². The van der Waals surface area contributed by atoms with Crippen molar-refractivity contribution in [2.75, 3.05) is 39.8 Å². The lowest BCUT2D eigenvalue weighted by Gasteiger charge is -2.46. The third kappa shape index (κ3) is 3.28. The monoisotopic (exact) mass is 346 g/mol. The molecular formula is C18H23FN4O2. The van der Waals surface area contributed by atoms with Crippen LogP contribution in [0.3, 0.4) is 0 Å². The Morgan fingerprint density at radius 3 is 2.88 bits per heavy atom. The molecule has 1 aromatic rings. The van der Waals surface area contributed by atoms with Gasteiger partial charge in [0, 0.05) is 45.5 Å². The van der Waals surface area contributed by atoms with Crippen LogP contribution in [-0.2, 0) is 16.0 Å². The number of piperazine rings is 1. The zero-order valence-corrected chi connectivity index (χ0v) is 14.4. The van der Waals surface area contributed by atoms with Crippen molar-refractivity contribution < 1.29 is 14.0 Å². The van der Waals surface area contributed by atoms with Crippen LogP contribution in [0.1, 0.15) is 12.1 Å². The molecule has 25 heavy (non-hydrogen) atoms. The number of halogens is 1. The van der Waals surface area contributed by atoms with E-state index >= 15 is 0 Å². The Balaban J connectivity index is 1.73. The van der Waals surface area contributed by atoms with Crippen molar-refractivity contribution in [1.29, 1.82) is 0 Å². The van der Waals surface area contributed by atoms with Gasteiger partial charge in [-0.2, -0.15) is 0 Å². The minimum absolute atomic E-state index is 0.0656. The summed E-state index contributed by atoms with van der Waals surface area (Å²) in [4.78, 5) is 35.0. The van der Waals surface area contributed by atoms with Crippen molar-refractivity contribution >= 4 is 11.8 Å². The van der Waals surface area contributed by atoms with Crippen LogP contribution < -0.4 is 0 Å². The van der Waals surface area contributed by atoms with Crippen LogP contribution >= 0.6 is 0 Å². The molecule has 0 bridgehead atoms. The summed E-state index contributed by atoms with van der Waals surface area (Å²) in [6, 6.07) is 2.81. The number of likely N-dealkylation sites (N-methyl/N-ethyl adjacent to an activating group) is 1. The number of amides is 2. The third-order valence-corrected chi connectivity index (χ3v) is 5.13. The van der Waals surface area contributed by atoms with E-state index in [0.29, 0.717) is 38.3 Å². The topological polar surface area (TPSA) is 56.8 Å². The second-order valence-electron chi connectivity index (χ2n) is 6.70. The molecule has 2 fully saturated rings. The van der Waals surface area contributed by atoms with Crippen molar-refractivity contribution in [3.05, 3.63) is 42.5 Å².